The third-order valence-electron chi connectivity index (χ3n) is 5.91. The molecule has 0 heterocycles. The van der Waals surface area contributed by atoms with Crippen LogP contribution in [0.1, 0.15) is 111 Å². The van der Waals surface area contributed by atoms with E-state index < -0.39 is 18.4 Å². The van der Waals surface area contributed by atoms with E-state index in [1.165, 1.54) is 83.5 Å². The van der Waals surface area contributed by atoms with E-state index in [0.717, 1.165) is 6.42 Å². The number of aliphatic hydroxyl groups excluding tert-OH is 1. The van der Waals surface area contributed by atoms with Crippen LogP contribution in [0, 0.1) is 0 Å². The molecule has 0 saturated heterocycles. The van der Waals surface area contributed by atoms with Gasteiger partial charge in [0.15, 0.2) is 0 Å². The molecule has 1 N–H and O–H groups in total. The SMILES string of the molecule is C=[C](CCCCCCCCCO)[Sn]([CH2]CCC)([CH2]CCC)[CH2]CCC. The number of aliphatic hydroxyl groups is 1. The van der Waals surface area contributed by atoms with Gasteiger partial charge in [-0.05, 0) is 0 Å². The molecule has 150 valence electrons. The third-order valence-corrected chi connectivity index (χ3v) is 22.1. The first kappa shape index (κ1) is 25.5. The second-order valence-electron chi connectivity index (χ2n) is 8.14. The standard InChI is InChI=1S/C11H21O.3C4H9.Sn/c1-2-3-4-5-6-7-8-9-10-11-12;3*1-3-4-2;/h12H,1,3-11H2;3*1,3-4H2,2H3;. The Kier molecular flexibility index (Phi) is 18.2. The number of unbranched alkanes of at least 4 members (excludes halogenated alkanes) is 9. The van der Waals surface area contributed by atoms with Gasteiger partial charge in [-0.3, -0.25) is 0 Å². The molecule has 2 heteroatoms. The fourth-order valence-electron chi connectivity index (χ4n) is 4.05. The molecule has 25 heavy (non-hydrogen) atoms. The topological polar surface area (TPSA) is 20.2 Å². The van der Waals surface area contributed by atoms with Crippen molar-refractivity contribution in [1.29, 1.82) is 0 Å². The van der Waals surface area contributed by atoms with Crippen molar-refractivity contribution in [3.05, 3.63) is 10.2 Å². The van der Waals surface area contributed by atoms with Crippen LogP contribution in [0.3, 0.4) is 0 Å². The van der Waals surface area contributed by atoms with Crippen LogP contribution in [-0.4, -0.2) is 30.1 Å². The minimum atomic E-state index is -2.14. The number of rotatable bonds is 19. The molecule has 0 rings (SSSR count). The molecule has 0 spiro atoms. The molecule has 0 aromatic heterocycles. The van der Waals surface area contributed by atoms with Gasteiger partial charge in [0.2, 0.25) is 0 Å². The normalized spacial score (nSPS) is 11.8. The van der Waals surface area contributed by atoms with Crippen molar-refractivity contribution in [2.45, 2.75) is 124 Å². The first-order chi connectivity index (χ1) is 12.2. The summed E-state index contributed by atoms with van der Waals surface area (Å²) in [5.74, 6) is 0. The molecule has 0 saturated carbocycles. The molecule has 0 fully saturated rings. The van der Waals surface area contributed by atoms with Crippen molar-refractivity contribution in [1.82, 2.24) is 0 Å². The molecule has 0 aliphatic carbocycles. The van der Waals surface area contributed by atoms with Gasteiger partial charge in [0, 0.05) is 0 Å². The Bertz CT molecular complexity index is 279. The maximum atomic E-state index is 8.83. The second-order valence-corrected chi connectivity index (χ2v) is 21.8. The van der Waals surface area contributed by atoms with Crippen LogP contribution in [0.15, 0.2) is 10.2 Å². The molecule has 0 amide bonds. The Morgan fingerprint density at radius 3 is 1.44 bits per heavy atom. The van der Waals surface area contributed by atoms with E-state index in [-0.39, 0.29) is 0 Å². The fraction of sp³-hybridized carbons (Fsp3) is 0.913. The molecule has 0 bridgehead atoms. The van der Waals surface area contributed by atoms with E-state index in [4.69, 9.17) is 11.7 Å². The van der Waals surface area contributed by atoms with Crippen LogP contribution in [-0.2, 0) is 0 Å². The van der Waals surface area contributed by atoms with Crippen LogP contribution in [0.2, 0.25) is 13.3 Å². The molecule has 0 aliphatic heterocycles. The Labute approximate surface area is 163 Å². The molecular formula is C23H48OSn. The summed E-state index contributed by atoms with van der Waals surface area (Å²) in [5, 5.41) is 8.83. The van der Waals surface area contributed by atoms with Crippen molar-refractivity contribution < 1.29 is 5.11 Å². The summed E-state index contributed by atoms with van der Waals surface area (Å²) in [6.45, 7) is 12.1. The molecular weight excluding hydrogens is 411 g/mol. The Morgan fingerprint density at radius 1 is 0.640 bits per heavy atom. The summed E-state index contributed by atoms with van der Waals surface area (Å²) in [4.78, 5) is 0. The summed E-state index contributed by atoms with van der Waals surface area (Å²) < 4.78 is 6.51. The molecule has 0 aromatic rings. The average molecular weight is 459 g/mol. The van der Waals surface area contributed by atoms with Gasteiger partial charge in [-0.1, -0.05) is 0 Å². The van der Waals surface area contributed by atoms with Crippen molar-refractivity contribution >= 4 is 18.4 Å². The summed E-state index contributed by atoms with van der Waals surface area (Å²) in [6, 6.07) is 0. The zero-order chi connectivity index (χ0) is 18.8. The predicted molar refractivity (Wildman–Crippen MR) is 118 cm³/mol. The molecule has 1 nitrogen and oxygen atoms in total. The van der Waals surface area contributed by atoms with Crippen LogP contribution in [0.25, 0.3) is 0 Å². The van der Waals surface area contributed by atoms with Crippen LogP contribution >= 0.6 is 0 Å². The fourth-order valence-corrected chi connectivity index (χ4v) is 20.1. The van der Waals surface area contributed by atoms with E-state index in [1.54, 1.807) is 16.9 Å². The van der Waals surface area contributed by atoms with Gasteiger partial charge in [0.05, 0.1) is 0 Å². The van der Waals surface area contributed by atoms with Gasteiger partial charge in [-0.2, -0.15) is 0 Å². The van der Waals surface area contributed by atoms with E-state index >= 15 is 0 Å². The van der Waals surface area contributed by atoms with E-state index in [9.17, 15) is 0 Å². The summed E-state index contributed by atoms with van der Waals surface area (Å²) >= 11 is -2.14. The molecule has 0 aromatic carbocycles. The monoisotopic (exact) mass is 460 g/mol. The zero-order valence-corrected chi connectivity index (χ0v) is 20.7. The predicted octanol–water partition coefficient (Wildman–Crippen LogP) is 8.04. The van der Waals surface area contributed by atoms with E-state index in [1.807, 2.05) is 0 Å². The molecule has 0 aliphatic rings. The van der Waals surface area contributed by atoms with E-state index in [0.29, 0.717) is 6.61 Å². The first-order valence-electron chi connectivity index (χ1n) is 11.5. The van der Waals surface area contributed by atoms with Crippen molar-refractivity contribution in [3.8, 4) is 0 Å². The van der Waals surface area contributed by atoms with Gasteiger partial charge >= 0.3 is 164 Å². The Balaban J connectivity index is 4.37. The van der Waals surface area contributed by atoms with Gasteiger partial charge in [0.25, 0.3) is 0 Å². The van der Waals surface area contributed by atoms with Crippen LogP contribution < -0.4 is 0 Å². The Hall–Kier alpha value is 0.499. The number of hydrogen-bond donors (Lipinski definition) is 1. The van der Waals surface area contributed by atoms with Crippen molar-refractivity contribution in [3.63, 3.8) is 0 Å². The zero-order valence-electron chi connectivity index (χ0n) is 17.9. The number of hydrogen-bond acceptors (Lipinski definition) is 1. The van der Waals surface area contributed by atoms with Gasteiger partial charge in [0.1, 0.15) is 0 Å². The first-order valence-corrected chi connectivity index (χ1v) is 18.9. The van der Waals surface area contributed by atoms with Crippen molar-refractivity contribution in [2.75, 3.05) is 6.61 Å². The molecule has 0 unspecified atom stereocenters. The molecule has 0 radical (unpaired) electrons. The Morgan fingerprint density at radius 2 is 1.04 bits per heavy atom. The minimum absolute atomic E-state index is 0.363. The van der Waals surface area contributed by atoms with Gasteiger partial charge < -0.3 is 0 Å². The number of allylic oxidation sites excluding steroid dienone is 1. The maximum absolute atomic E-state index is 8.83. The molecule has 0 atom stereocenters. The van der Waals surface area contributed by atoms with Crippen molar-refractivity contribution in [2.24, 2.45) is 0 Å². The van der Waals surface area contributed by atoms with Crippen LogP contribution in [0.5, 0.6) is 0 Å². The quantitative estimate of drug-likeness (QED) is 0.153. The summed E-state index contributed by atoms with van der Waals surface area (Å²) in [7, 11) is 0. The van der Waals surface area contributed by atoms with Gasteiger partial charge in [-0.25, -0.2) is 0 Å². The average Bonchev–Trinajstić information content (AvgIpc) is 2.63. The van der Waals surface area contributed by atoms with Gasteiger partial charge in [-0.15, -0.1) is 0 Å². The second kappa shape index (κ2) is 17.9. The summed E-state index contributed by atoms with van der Waals surface area (Å²) in [5.41, 5.74) is 0. The van der Waals surface area contributed by atoms with Crippen LogP contribution in [0.4, 0.5) is 0 Å². The third kappa shape index (κ3) is 12.5. The van der Waals surface area contributed by atoms with E-state index in [2.05, 4.69) is 20.8 Å². The summed E-state index contributed by atoms with van der Waals surface area (Å²) in [6.07, 6.45) is 18.7.